The largest absolute Gasteiger partial charge is 0.372 e. The van der Waals surface area contributed by atoms with E-state index in [9.17, 15) is 4.79 Å². The number of carbonyl (C=O) groups excluding carboxylic acids is 1. The van der Waals surface area contributed by atoms with Crippen molar-refractivity contribution in [3.8, 4) is 0 Å². The minimum absolute atomic E-state index is 0.0958. The molecule has 110 valence electrons. The highest BCUT2D eigenvalue weighted by molar-refractivity contribution is 5.94. The zero-order valence-electron chi connectivity index (χ0n) is 12.3. The molecule has 1 aliphatic rings. The van der Waals surface area contributed by atoms with E-state index >= 15 is 0 Å². The summed E-state index contributed by atoms with van der Waals surface area (Å²) in [5.74, 6) is -0.0958. The SMILES string of the molecule is CC(C)N(C)c1cccc(NC(=O)C2CNCCO2)c1. The Morgan fingerprint density at radius 1 is 1.50 bits per heavy atom. The first-order valence-electron chi connectivity index (χ1n) is 7.04. The van der Waals surface area contributed by atoms with Crippen molar-refractivity contribution < 1.29 is 9.53 Å². The monoisotopic (exact) mass is 277 g/mol. The summed E-state index contributed by atoms with van der Waals surface area (Å²) in [6.45, 7) is 6.21. The van der Waals surface area contributed by atoms with E-state index in [0.29, 0.717) is 19.2 Å². The topological polar surface area (TPSA) is 53.6 Å². The van der Waals surface area contributed by atoms with E-state index in [1.165, 1.54) is 0 Å². The number of anilines is 2. The van der Waals surface area contributed by atoms with E-state index in [1.54, 1.807) is 0 Å². The Labute approximate surface area is 120 Å². The lowest BCUT2D eigenvalue weighted by atomic mass is 10.2. The van der Waals surface area contributed by atoms with E-state index in [4.69, 9.17) is 4.74 Å². The van der Waals surface area contributed by atoms with E-state index in [0.717, 1.165) is 17.9 Å². The molecule has 20 heavy (non-hydrogen) atoms. The zero-order chi connectivity index (χ0) is 14.5. The predicted octanol–water partition coefficient (Wildman–Crippen LogP) is 1.46. The highest BCUT2D eigenvalue weighted by atomic mass is 16.5. The molecule has 1 fully saturated rings. The third-order valence-electron chi connectivity index (χ3n) is 3.52. The van der Waals surface area contributed by atoms with Crippen LogP contribution in [0.4, 0.5) is 11.4 Å². The lowest BCUT2D eigenvalue weighted by Gasteiger charge is -2.25. The Morgan fingerprint density at radius 3 is 2.95 bits per heavy atom. The van der Waals surface area contributed by atoms with E-state index in [1.807, 2.05) is 31.3 Å². The summed E-state index contributed by atoms with van der Waals surface area (Å²) < 4.78 is 5.44. The van der Waals surface area contributed by atoms with Crippen molar-refractivity contribution in [1.29, 1.82) is 0 Å². The van der Waals surface area contributed by atoms with Crippen LogP contribution >= 0.6 is 0 Å². The third kappa shape index (κ3) is 3.71. The second kappa shape index (κ2) is 6.72. The van der Waals surface area contributed by atoms with Crippen molar-refractivity contribution >= 4 is 17.3 Å². The maximum atomic E-state index is 12.1. The molecule has 1 unspecified atom stereocenters. The van der Waals surface area contributed by atoms with Gasteiger partial charge in [0.25, 0.3) is 5.91 Å². The van der Waals surface area contributed by atoms with E-state index < -0.39 is 6.10 Å². The first kappa shape index (κ1) is 14.8. The van der Waals surface area contributed by atoms with Crippen molar-refractivity contribution in [2.45, 2.75) is 26.0 Å². The fraction of sp³-hybridized carbons (Fsp3) is 0.533. The van der Waals surface area contributed by atoms with Gasteiger partial charge in [0.2, 0.25) is 0 Å². The highest BCUT2D eigenvalue weighted by Gasteiger charge is 2.21. The summed E-state index contributed by atoms with van der Waals surface area (Å²) in [6.07, 6.45) is -0.407. The van der Waals surface area contributed by atoms with Gasteiger partial charge in [-0.15, -0.1) is 0 Å². The van der Waals surface area contributed by atoms with Crippen LogP contribution in [-0.4, -0.2) is 44.8 Å². The molecule has 1 aromatic rings. The number of rotatable bonds is 4. The molecule has 1 aliphatic heterocycles. The number of ether oxygens (including phenoxy) is 1. The summed E-state index contributed by atoms with van der Waals surface area (Å²) in [7, 11) is 2.04. The molecule has 2 N–H and O–H groups in total. The first-order valence-corrected chi connectivity index (χ1v) is 7.04. The van der Waals surface area contributed by atoms with Gasteiger partial charge in [0.05, 0.1) is 6.61 Å². The number of amides is 1. The molecule has 5 nitrogen and oxygen atoms in total. The number of morpholine rings is 1. The second-order valence-corrected chi connectivity index (χ2v) is 5.31. The molecule has 1 amide bonds. The molecule has 2 rings (SSSR count). The molecule has 0 aliphatic carbocycles. The van der Waals surface area contributed by atoms with Crippen molar-refractivity contribution in [2.24, 2.45) is 0 Å². The molecule has 5 heteroatoms. The van der Waals surface area contributed by atoms with Crippen LogP contribution < -0.4 is 15.5 Å². The number of nitrogens with one attached hydrogen (secondary N) is 2. The summed E-state index contributed by atoms with van der Waals surface area (Å²) in [5, 5.41) is 6.07. The summed E-state index contributed by atoms with van der Waals surface area (Å²) in [6, 6.07) is 8.27. The van der Waals surface area contributed by atoms with Gasteiger partial charge >= 0.3 is 0 Å². The molecule has 0 spiro atoms. The number of carbonyl (C=O) groups is 1. The van der Waals surface area contributed by atoms with E-state index in [2.05, 4.69) is 29.4 Å². The van der Waals surface area contributed by atoms with Crippen molar-refractivity contribution in [3.63, 3.8) is 0 Å². The molecule has 1 saturated heterocycles. The van der Waals surface area contributed by atoms with Gasteiger partial charge in [0, 0.05) is 37.6 Å². The predicted molar refractivity (Wildman–Crippen MR) is 81.2 cm³/mol. The van der Waals surface area contributed by atoms with Crippen LogP contribution in [0.25, 0.3) is 0 Å². The van der Waals surface area contributed by atoms with Gasteiger partial charge < -0.3 is 20.3 Å². The quantitative estimate of drug-likeness (QED) is 0.875. The molecule has 0 saturated carbocycles. The maximum Gasteiger partial charge on any atom is 0.254 e. The molecule has 1 aromatic carbocycles. The zero-order valence-corrected chi connectivity index (χ0v) is 12.3. The smallest absolute Gasteiger partial charge is 0.254 e. The lowest BCUT2D eigenvalue weighted by molar-refractivity contribution is -0.128. The average Bonchev–Trinajstić information content (AvgIpc) is 2.47. The number of hydrogen-bond acceptors (Lipinski definition) is 4. The fourth-order valence-electron chi connectivity index (χ4n) is 2.06. The van der Waals surface area contributed by atoms with Crippen LogP contribution in [0.2, 0.25) is 0 Å². The fourth-order valence-corrected chi connectivity index (χ4v) is 2.06. The van der Waals surface area contributed by atoms with Crippen molar-refractivity contribution in [2.75, 3.05) is 37.0 Å². The van der Waals surface area contributed by atoms with Crippen LogP contribution in [0, 0.1) is 0 Å². The Morgan fingerprint density at radius 2 is 2.30 bits per heavy atom. The number of benzene rings is 1. The van der Waals surface area contributed by atoms with Gasteiger partial charge in [0.15, 0.2) is 0 Å². The number of nitrogens with zero attached hydrogens (tertiary/aromatic N) is 1. The maximum absolute atomic E-state index is 12.1. The summed E-state index contributed by atoms with van der Waals surface area (Å²) in [5.41, 5.74) is 1.88. The molecular weight excluding hydrogens is 254 g/mol. The summed E-state index contributed by atoms with van der Waals surface area (Å²) in [4.78, 5) is 14.3. The van der Waals surface area contributed by atoms with E-state index in [-0.39, 0.29) is 5.91 Å². The highest BCUT2D eigenvalue weighted by Crippen LogP contribution is 2.20. The van der Waals surface area contributed by atoms with Crippen LogP contribution in [0.1, 0.15) is 13.8 Å². The molecule has 1 heterocycles. The minimum Gasteiger partial charge on any atom is -0.372 e. The lowest BCUT2D eigenvalue weighted by Crippen LogP contribution is -2.45. The summed E-state index contributed by atoms with van der Waals surface area (Å²) >= 11 is 0. The molecule has 0 bridgehead atoms. The van der Waals surface area contributed by atoms with Crippen LogP contribution in [0.5, 0.6) is 0 Å². The number of hydrogen-bond donors (Lipinski definition) is 2. The van der Waals surface area contributed by atoms with Gasteiger partial charge in [-0.1, -0.05) is 6.07 Å². The normalized spacial score (nSPS) is 18.9. The van der Waals surface area contributed by atoms with Gasteiger partial charge in [-0.2, -0.15) is 0 Å². The van der Waals surface area contributed by atoms with Crippen LogP contribution in [0.3, 0.4) is 0 Å². The molecule has 0 aromatic heterocycles. The molecule has 1 atom stereocenters. The van der Waals surface area contributed by atoms with Gasteiger partial charge in [-0.05, 0) is 32.0 Å². The Kier molecular flexibility index (Phi) is 4.98. The average molecular weight is 277 g/mol. The first-order chi connectivity index (χ1) is 9.58. The Bertz CT molecular complexity index is 456. The second-order valence-electron chi connectivity index (χ2n) is 5.31. The van der Waals surface area contributed by atoms with Gasteiger partial charge in [-0.25, -0.2) is 0 Å². The van der Waals surface area contributed by atoms with Gasteiger partial charge in [-0.3, -0.25) is 4.79 Å². The van der Waals surface area contributed by atoms with Crippen molar-refractivity contribution in [1.82, 2.24) is 5.32 Å². The Balaban J connectivity index is 2.02. The Hall–Kier alpha value is -1.59. The standard InChI is InChI=1S/C15H23N3O2/c1-11(2)18(3)13-6-4-5-12(9-13)17-15(19)14-10-16-7-8-20-14/h4-6,9,11,14,16H,7-8,10H2,1-3H3,(H,17,19). The third-order valence-corrected chi connectivity index (χ3v) is 3.52. The molecule has 0 radical (unpaired) electrons. The van der Waals surface area contributed by atoms with Crippen LogP contribution in [-0.2, 0) is 9.53 Å². The van der Waals surface area contributed by atoms with Gasteiger partial charge in [0.1, 0.15) is 6.10 Å². The minimum atomic E-state index is -0.407. The van der Waals surface area contributed by atoms with Crippen LogP contribution in [0.15, 0.2) is 24.3 Å². The molecular formula is C15H23N3O2. The van der Waals surface area contributed by atoms with Crippen molar-refractivity contribution in [3.05, 3.63) is 24.3 Å².